The molecule has 8 nitrogen and oxygen atoms in total. The van der Waals surface area contributed by atoms with E-state index in [1.165, 1.54) is 6.33 Å². The number of hydrogen-bond donors (Lipinski definition) is 0. The largest absolute Gasteiger partial charge is 0.471 e. The maximum absolute atomic E-state index is 12.5. The van der Waals surface area contributed by atoms with E-state index in [-0.39, 0.29) is 5.88 Å². The first-order valence-electron chi connectivity index (χ1n) is 9.00. The Hall–Kier alpha value is -2.88. The van der Waals surface area contributed by atoms with Gasteiger partial charge in [-0.05, 0) is 18.2 Å². The van der Waals surface area contributed by atoms with Crippen molar-refractivity contribution in [1.82, 2.24) is 25.0 Å². The summed E-state index contributed by atoms with van der Waals surface area (Å²) in [6, 6.07) is 5.73. The molecule has 0 unspecified atom stereocenters. The van der Waals surface area contributed by atoms with E-state index in [0.29, 0.717) is 29.2 Å². The maximum atomic E-state index is 12.5. The predicted octanol–water partition coefficient (Wildman–Crippen LogP) is 2.29. The Morgan fingerprint density at radius 3 is 2.71 bits per heavy atom. The molecule has 148 valence electrons. The molecule has 0 N–H and O–H groups in total. The number of hydrogen-bond acceptors (Lipinski definition) is 8. The molecular weight excluding hydrogens is 370 g/mol. The summed E-state index contributed by atoms with van der Waals surface area (Å²) in [5.41, 5.74) is 1.65. The summed E-state index contributed by atoms with van der Waals surface area (Å²) in [7, 11) is 0. The summed E-state index contributed by atoms with van der Waals surface area (Å²) in [6.45, 7) is 5.09. The number of rotatable bonds is 6. The van der Waals surface area contributed by atoms with Gasteiger partial charge in [0.1, 0.15) is 6.33 Å². The van der Waals surface area contributed by atoms with E-state index in [4.69, 9.17) is 9.26 Å². The van der Waals surface area contributed by atoms with Crippen molar-refractivity contribution in [2.45, 2.75) is 19.9 Å². The van der Waals surface area contributed by atoms with Crippen LogP contribution in [0.5, 0.6) is 5.88 Å². The summed E-state index contributed by atoms with van der Waals surface area (Å²) in [5, 5.41) is 4.57. The van der Waals surface area contributed by atoms with Gasteiger partial charge < -0.3 is 14.2 Å². The number of piperazine rings is 1. The van der Waals surface area contributed by atoms with Crippen molar-refractivity contribution in [3.8, 4) is 5.88 Å². The van der Waals surface area contributed by atoms with Crippen LogP contribution in [-0.4, -0.2) is 64.2 Å². The van der Waals surface area contributed by atoms with Crippen LogP contribution in [0.15, 0.2) is 29.0 Å². The second kappa shape index (κ2) is 8.01. The first kappa shape index (κ1) is 18.5. The highest BCUT2D eigenvalue weighted by atomic mass is 19.3. The van der Waals surface area contributed by atoms with Gasteiger partial charge in [0, 0.05) is 38.8 Å². The van der Waals surface area contributed by atoms with Gasteiger partial charge >= 0.3 is 0 Å². The Morgan fingerprint density at radius 1 is 1.18 bits per heavy atom. The fourth-order valence-corrected chi connectivity index (χ4v) is 3.24. The van der Waals surface area contributed by atoms with Crippen LogP contribution in [0.3, 0.4) is 0 Å². The zero-order valence-electron chi connectivity index (χ0n) is 15.4. The third-order valence-electron chi connectivity index (χ3n) is 4.60. The van der Waals surface area contributed by atoms with Crippen molar-refractivity contribution >= 4 is 16.6 Å². The zero-order valence-corrected chi connectivity index (χ0v) is 15.4. The normalized spacial score (nSPS) is 15.5. The molecule has 1 aliphatic rings. The molecule has 28 heavy (non-hydrogen) atoms. The highest BCUT2D eigenvalue weighted by molar-refractivity contribution is 5.86. The molecule has 0 aliphatic carbocycles. The number of fused-ring (bicyclic) bond motifs is 1. The fourth-order valence-electron chi connectivity index (χ4n) is 3.24. The number of halogens is 2. The maximum Gasteiger partial charge on any atom is 0.272 e. The molecule has 2 aromatic heterocycles. The number of nitrogens with zero attached hydrogens (tertiary/aromatic N) is 6. The monoisotopic (exact) mass is 390 g/mol. The van der Waals surface area contributed by atoms with Crippen LogP contribution >= 0.6 is 0 Å². The Balaban J connectivity index is 1.45. The highest BCUT2D eigenvalue weighted by Crippen LogP contribution is 2.27. The van der Waals surface area contributed by atoms with Crippen molar-refractivity contribution in [1.29, 1.82) is 0 Å². The second-order valence-electron chi connectivity index (χ2n) is 6.58. The molecule has 0 amide bonds. The van der Waals surface area contributed by atoms with Crippen LogP contribution in [-0.2, 0) is 6.54 Å². The average Bonchev–Trinajstić information content (AvgIpc) is 3.11. The van der Waals surface area contributed by atoms with Gasteiger partial charge in [-0.1, -0.05) is 5.16 Å². The van der Waals surface area contributed by atoms with Gasteiger partial charge in [0.2, 0.25) is 11.8 Å². The van der Waals surface area contributed by atoms with Crippen LogP contribution in [0, 0.1) is 6.92 Å². The molecular formula is C18H20F2N6O2. The lowest BCUT2D eigenvalue weighted by Crippen LogP contribution is -2.46. The van der Waals surface area contributed by atoms with Crippen LogP contribution in [0.4, 0.5) is 14.5 Å². The SMILES string of the molecule is Cc1nc(CN2CCN(c3ccc4ncnc(OCC(F)F)c4c3)CC2)no1. The molecule has 0 bridgehead atoms. The molecule has 1 aliphatic heterocycles. The predicted molar refractivity (Wildman–Crippen MR) is 97.6 cm³/mol. The molecule has 0 radical (unpaired) electrons. The van der Waals surface area contributed by atoms with E-state index in [0.717, 1.165) is 31.9 Å². The first-order chi connectivity index (χ1) is 13.6. The standard InChI is InChI=1S/C18H20F2N6O2/c1-12-23-17(24-28-12)9-25-4-6-26(7-5-25)13-2-3-15-14(8-13)18(22-11-21-15)27-10-16(19)20/h2-3,8,11,16H,4-7,9-10H2,1H3. The number of benzene rings is 1. The van der Waals surface area contributed by atoms with E-state index in [1.54, 1.807) is 6.92 Å². The van der Waals surface area contributed by atoms with Crippen LogP contribution in [0.1, 0.15) is 11.7 Å². The number of aryl methyl sites for hydroxylation is 1. The van der Waals surface area contributed by atoms with Crippen LogP contribution < -0.4 is 9.64 Å². The van der Waals surface area contributed by atoms with Crippen molar-refractivity contribution in [2.24, 2.45) is 0 Å². The third-order valence-corrected chi connectivity index (χ3v) is 4.60. The lowest BCUT2D eigenvalue weighted by Gasteiger charge is -2.35. The lowest BCUT2D eigenvalue weighted by atomic mass is 10.2. The molecule has 1 fully saturated rings. The minimum absolute atomic E-state index is 0.179. The average molecular weight is 390 g/mol. The number of ether oxygens (including phenoxy) is 1. The van der Waals surface area contributed by atoms with E-state index >= 15 is 0 Å². The molecule has 0 spiro atoms. The Bertz CT molecular complexity index is 943. The summed E-state index contributed by atoms with van der Waals surface area (Å²) >= 11 is 0. The van der Waals surface area contributed by atoms with Gasteiger partial charge in [-0.15, -0.1) is 0 Å². The van der Waals surface area contributed by atoms with Gasteiger partial charge in [0.25, 0.3) is 6.43 Å². The van der Waals surface area contributed by atoms with Crippen molar-refractivity contribution in [3.63, 3.8) is 0 Å². The smallest absolute Gasteiger partial charge is 0.272 e. The number of alkyl halides is 2. The minimum Gasteiger partial charge on any atom is -0.471 e. The number of aromatic nitrogens is 4. The highest BCUT2D eigenvalue weighted by Gasteiger charge is 2.20. The van der Waals surface area contributed by atoms with Crippen LogP contribution in [0.25, 0.3) is 10.9 Å². The molecule has 1 saturated heterocycles. The van der Waals surface area contributed by atoms with Crippen molar-refractivity contribution < 1.29 is 18.0 Å². The third kappa shape index (κ3) is 4.16. The topological polar surface area (TPSA) is 80.4 Å². The molecule has 1 aromatic carbocycles. The molecule has 10 heteroatoms. The minimum atomic E-state index is -2.55. The van der Waals surface area contributed by atoms with Gasteiger partial charge in [0.05, 0.1) is 17.4 Å². The van der Waals surface area contributed by atoms with Crippen LogP contribution in [0.2, 0.25) is 0 Å². The lowest BCUT2D eigenvalue weighted by molar-refractivity contribution is 0.0804. The quantitative estimate of drug-likeness (QED) is 0.634. The fraction of sp³-hybridized carbons (Fsp3) is 0.444. The second-order valence-corrected chi connectivity index (χ2v) is 6.58. The molecule has 3 aromatic rings. The Labute approximate surface area is 160 Å². The zero-order chi connectivity index (χ0) is 19.5. The first-order valence-corrected chi connectivity index (χ1v) is 9.00. The molecule has 0 atom stereocenters. The van der Waals surface area contributed by atoms with E-state index in [2.05, 4.69) is 29.9 Å². The van der Waals surface area contributed by atoms with Gasteiger partial charge in [-0.25, -0.2) is 18.7 Å². The molecule has 3 heterocycles. The summed E-state index contributed by atoms with van der Waals surface area (Å²) in [4.78, 5) is 16.9. The molecule has 4 rings (SSSR count). The van der Waals surface area contributed by atoms with Gasteiger partial charge in [-0.3, -0.25) is 4.90 Å². The van der Waals surface area contributed by atoms with Gasteiger partial charge in [0.15, 0.2) is 12.4 Å². The van der Waals surface area contributed by atoms with Crippen molar-refractivity contribution in [2.75, 3.05) is 37.7 Å². The van der Waals surface area contributed by atoms with E-state index in [9.17, 15) is 8.78 Å². The van der Waals surface area contributed by atoms with Gasteiger partial charge in [-0.2, -0.15) is 4.98 Å². The summed E-state index contributed by atoms with van der Waals surface area (Å²) in [5.74, 6) is 1.43. The van der Waals surface area contributed by atoms with Crippen molar-refractivity contribution in [3.05, 3.63) is 36.2 Å². The van der Waals surface area contributed by atoms with E-state index < -0.39 is 13.0 Å². The Kier molecular flexibility index (Phi) is 5.29. The van der Waals surface area contributed by atoms with E-state index in [1.807, 2.05) is 18.2 Å². The molecule has 0 saturated carbocycles. The summed E-state index contributed by atoms with van der Waals surface area (Å²) < 4.78 is 35.1. The summed E-state index contributed by atoms with van der Waals surface area (Å²) in [6.07, 6.45) is -1.23. The Morgan fingerprint density at radius 2 is 2.00 bits per heavy atom. The number of anilines is 1.